The van der Waals surface area contributed by atoms with Gasteiger partial charge < -0.3 is 14.8 Å². The summed E-state index contributed by atoms with van der Waals surface area (Å²) in [4.78, 5) is 14.8. The van der Waals surface area contributed by atoms with Gasteiger partial charge in [-0.05, 0) is 62.2 Å². The van der Waals surface area contributed by atoms with Gasteiger partial charge in [0.15, 0.2) is 0 Å². The van der Waals surface area contributed by atoms with E-state index in [1.807, 2.05) is 25.1 Å². The Labute approximate surface area is 165 Å². The van der Waals surface area contributed by atoms with Gasteiger partial charge in [-0.3, -0.25) is 9.69 Å². The standard InChI is InChI=1S/C22H27FN2O3/c1-15(16-6-8-17(23)9-7-16)24-22(26)14-25-12-4-5-20(25)19-13-18(27-2)10-11-21(19)28-3/h6-11,13,15,20H,4-5,12,14H2,1-3H3,(H,24,26). The van der Waals surface area contributed by atoms with Crippen molar-refractivity contribution in [3.05, 3.63) is 59.4 Å². The summed E-state index contributed by atoms with van der Waals surface area (Å²) in [7, 11) is 3.30. The molecule has 1 N–H and O–H groups in total. The minimum absolute atomic E-state index is 0.0504. The summed E-state index contributed by atoms with van der Waals surface area (Å²) >= 11 is 0. The van der Waals surface area contributed by atoms with Crippen LogP contribution in [0.1, 0.15) is 43.0 Å². The molecule has 5 nitrogen and oxygen atoms in total. The maximum Gasteiger partial charge on any atom is 0.234 e. The Hall–Kier alpha value is -2.60. The van der Waals surface area contributed by atoms with Gasteiger partial charge in [-0.1, -0.05) is 12.1 Å². The highest BCUT2D eigenvalue weighted by molar-refractivity contribution is 5.78. The number of amides is 1. The Morgan fingerprint density at radius 1 is 1.21 bits per heavy atom. The quantitative estimate of drug-likeness (QED) is 0.785. The zero-order chi connectivity index (χ0) is 20.1. The fourth-order valence-corrected chi connectivity index (χ4v) is 3.77. The predicted octanol–water partition coefficient (Wildman–Crippen LogP) is 3.86. The maximum absolute atomic E-state index is 13.1. The molecule has 1 saturated heterocycles. The normalized spacial score (nSPS) is 17.9. The smallest absolute Gasteiger partial charge is 0.234 e. The second-order valence-corrected chi connectivity index (χ2v) is 7.08. The zero-order valence-electron chi connectivity index (χ0n) is 16.6. The molecule has 2 unspecified atom stereocenters. The first-order valence-corrected chi connectivity index (χ1v) is 9.52. The van der Waals surface area contributed by atoms with Gasteiger partial charge in [0.2, 0.25) is 5.91 Å². The minimum atomic E-state index is -0.283. The first-order chi connectivity index (χ1) is 13.5. The van der Waals surface area contributed by atoms with Gasteiger partial charge in [0.05, 0.1) is 26.8 Å². The number of hydrogen-bond acceptors (Lipinski definition) is 4. The van der Waals surface area contributed by atoms with E-state index in [-0.39, 0.29) is 23.8 Å². The first-order valence-electron chi connectivity index (χ1n) is 9.52. The molecule has 150 valence electrons. The van der Waals surface area contributed by atoms with E-state index < -0.39 is 0 Å². The van der Waals surface area contributed by atoms with Crippen molar-refractivity contribution < 1.29 is 18.7 Å². The third kappa shape index (κ3) is 4.62. The summed E-state index contributed by atoms with van der Waals surface area (Å²) in [5.74, 6) is 1.25. The molecule has 28 heavy (non-hydrogen) atoms. The highest BCUT2D eigenvalue weighted by Gasteiger charge is 2.30. The van der Waals surface area contributed by atoms with E-state index >= 15 is 0 Å². The number of rotatable bonds is 7. The van der Waals surface area contributed by atoms with Crippen molar-refractivity contribution in [1.29, 1.82) is 0 Å². The number of nitrogens with one attached hydrogen (secondary N) is 1. The fourth-order valence-electron chi connectivity index (χ4n) is 3.77. The van der Waals surface area contributed by atoms with E-state index in [0.717, 1.165) is 42.0 Å². The van der Waals surface area contributed by atoms with E-state index in [1.165, 1.54) is 12.1 Å². The van der Waals surface area contributed by atoms with Crippen LogP contribution < -0.4 is 14.8 Å². The number of carbonyl (C=O) groups excluding carboxylic acids is 1. The predicted molar refractivity (Wildman–Crippen MR) is 106 cm³/mol. The number of nitrogens with zero attached hydrogens (tertiary/aromatic N) is 1. The summed E-state index contributed by atoms with van der Waals surface area (Å²) < 4.78 is 24.0. The molecule has 0 aromatic heterocycles. The molecule has 0 aliphatic carbocycles. The molecule has 0 radical (unpaired) electrons. The molecule has 2 atom stereocenters. The minimum Gasteiger partial charge on any atom is -0.497 e. The summed E-state index contributed by atoms with van der Waals surface area (Å²) in [6.07, 6.45) is 1.98. The lowest BCUT2D eigenvalue weighted by Crippen LogP contribution is -2.38. The van der Waals surface area contributed by atoms with Crippen LogP contribution in [0.3, 0.4) is 0 Å². The Balaban J connectivity index is 1.68. The number of carbonyl (C=O) groups is 1. The number of hydrogen-bond donors (Lipinski definition) is 1. The van der Waals surface area contributed by atoms with Crippen LogP contribution in [0.25, 0.3) is 0 Å². The molecule has 0 spiro atoms. The van der Waals surface area contributed by atoms with Crippen molar-refractivity contribution in [2.45, 2.75) is 31.8 Å². The zero-order valence-corrected chi connectivity index (χ0v) is 16.6. The molecule has 1 amide bonds. The molecule has 1 aliphatic rings. The second-order valence-electron chi connectivity index (χ2n) is 7.08. The summed E-state index contributed by atoms with van der Waals surface area (Å²) in [6, 6.07) is 11.9. The van der Waals surface area contributed by atoms with Gasteiger partial charge >= 0.3 is 0 Å². The van der Waals surface area contributed by atoms with E-state index in [2.05, 4.69) is 10.2 Å². The van der Waals surface area contributed by atoms with Gasteiger partial charge in [-0.25, -0.2) is 4.39 Å². The van der Waals surface area contributed by atoms with Gasteiger partial charge in [0.25, 0.3) is 0 Å². The summed E-state index contributed by atoms with van der Waals surface area (Å²) in [5.41, 5.74) is 1.92. The summed E-state index contributed by atoms with van der Waals surface area (Å²) in [6.45, 7) is 3.05. The van der Waals surface area contributed by atoms with Gasteiger partial charge in [-0.15, -0.1) is 0 Å². The summed E-state index contributed by atoms with van der Waals surface area (Å²) in [5, 5.41) is 3.01. The lowest BCUT2D eigenvalue weighted by atomic mass is 10.0. The molecule has 1 fully saturated rings. The van der Waals surface area contributed by atoms with Crippen LogP contribution in [0.15, 0.2) is 42.5 Å². The number of halogens is 1. The third-order valence-electron chi connectivity index (χ3n) is 5.25. The van der Waals surface area contributed by atoms with Crippen LogP contribution in [-0.4, -0.2) is 38.1 Å². The van der Waals surface area contributed by atoms with Crippen LogP contribution in [0, 0.1) is 5.82 Å². The molecule has 1 aliphatic heterocycles. The van der Waals surface area contributed by atoms with Crippen molar-refractivity contribution in [3.63, 3.8) is 0 Å². The Bertz CT molecular complexity index is 810. The highest BCUT2D eigenvalue weighted by atomic mass is 19.1. The first kappa shape index (κ1) is 20.1. The van der Waals surface area contributed by atoms with Gasteiger partial charge in [0, 0.05) is 11.6 Å². The van der Waals surface area contributed by atoms with Crippen molar-refractivity contribution in [3.8, 4) is 11.5 Å². The molecule has 2 aromatic carbocycles. The van der Waals surface area contributed by atoms with Crippen LogP contribution >= 0.6 is 0 Å². The maximum atomic E-state index is 13.1. The number of ether oxygens (including phenoxy) is 2. The number of benzene rings is 2. The molecule has 0 saturated carbocycles. The second kappa shape index (κ2) is 9.06. The van der Waals surface area contributed by atoms with Crippen LogP contribution in [0.4, 0.5) is 4.39 Å². The molecular weight excluding hydrogens is 359 g/mol. The van der Waals surface area contributed by atoms with E-state index in [4.69, 9.17) is 9.47 Å². The number of methoxy groups -OCH3 is 2. The molecule has 2 aromatic rings. The van der Waals surface area contributed by atoms with Crippen LogP contribution in [0.5, 0.6) is 11.5 Å². The topological polar surface area (TPSA) is 50.8 Å². The highest BCUT2D eigenvalue weighted by Crippen LogP contribution is 2.38. The van der Waals surface area contributed by atoms with Crippen molar-refractivity contribution in [2.24, 2.45) is 0 Å². The van der Waals surface area contributed by atoms with Gasteiger partial charge in [-0.2, -0.15) is 0 Å². The fraction of sp³-hybridized carbons (Fsp3) is 0.409. The molecule has 3 rings (SSSR count). The SMILES string of the molecule is COc1ccc(OC)c(C2CCCN2CC(=O)NC(C)c2ccc(F)cc2)c1. The van der Waals surface area contributed by atoms with Gasteiger partial charge in [0.1, 0.15) is 17.3 Å². The average molecular weight is 386 g/mol. The molecule has 6 heteroatoms. The van der Waals surface area contributed by atoms with Crippen LogP contribution in [-0.2, 0) is 4.79 Å². The van der Waals surface area contributed by atoms with Crippen molar-refractivity contribution >= 4 is 5.91 Å². The molecular formula is C22H27FN2O3. The Kier molecular flexibility index (Phi) is 6.52. The van der Waals surface area contributed by atoms with Crippen molar-refractivity contribution in [1.82, 2.24) is 10.2 Å². The molecule has 1 heterocycles. The van der Waals surface area contributed by atoms with E-state index in [1.54, 1.807) is 26.4 Å². The number of likely N-dealkylation sites (tertiary alicyclic amines) is 1. The lowest BCUT2D eigenvalue weighted by Gasteiger charge is -2.26. The van der Waals surface area contributed by atoms with Crippen molar-refractivity contribution in [2.75, 3.05) is 27.3 Å². The average Bonchev–Trinajstić information content (AvgIpc) is 3.15. The largest absolute Gasteiger partial charge is 0.497 e. The van der Waals surface area contributed by atoms with E-state index in [0.29, 0.717) is 6.54 Å². The molecule has 0 bridgehead atoms. The van der Waals surface area contributed by atoms with E-state index in [9.17, 15) is 9.18 Å². The van der Waals surface area contributed by atoms with Crippen LogP contribution in [0.2, 0.25) is 0 Å². The lowest BCUT2D eigenvalue weighted by molar-refractivity contribution is -0.123. The monoisotopic (exact) mass is 386 g/mol. The Morgan fingerprint density at radius 2 is 1.96 bits per heavy atom. The Morgan fingerprint density at radius 3 is 2.64 bits per heavy atom. The third-order valence-corrected chi connectivity index (χ3v) is 5.25.